The number of anilines is 1. The number of ether oxygens (including phenoxy) is 1. The van der Waals surface area contributed by atoms with Crippen molar-refractivity contribution in [2.24, 2.45) is 11.8 Å². The third kappa shape index (κ3) is 2.29. The minimum atomic E-state index is -0.589. The molecule has 4 aliphatic rings. The van der Waals surface area contributed by atoms with Crippen molar-refractivity contribution in [2.45, 2.75) is 24.7 Å². The highest BCUT2D eigenvalue weighted by Gasteiger charge is 2.67. The molecule has 33 heavy (non-hydrogen) atoms. The van der Waals surface area contributed by atoms with Crippen LogP contribution in [0.3, 0.4) is 0 Å². The first-order valence-corrected chi connectivity index (χ1v) is 11.3. The Kier molecular flexibility index (Phi) is 4.15. The van der Waals surface area contributed by atoms with Crippen molar-refractivity contribution in [3.8, 4) is 0 Å². The van der Waals surface area contributed by atoms with E-state index in [1.165, 1.54) is 12.0 Å². The lowest BCUT2D eigenvalue weighted by Gasteiger charge is -2.54. The van der Waals surface area contributed by atoms with Gasteiger partial charge in [0.2, 0.25) is 11.8 Å². The van der Waals surface area contributed by atoms with E-state index in [-0.39, 0.29) is 23.3 Å². The predicted molar refractivity (Wildman–Crippen MR) is 123 cm³/mol. The van der Waals surface area contributed by atoms with Gasteiger partial charge in [0, 0.05) is 11.3 Å². The van der Waals surface area contributed by atoms with E-state index in [0.29, 0.717) is 12.1 Å². The third-order valence-corrected chi connectivity index (χ3v) is 7.90. The Morgan fingerprint density at radius 2 is 1.45 bits per heavy atom. The smallest absolute Gasteiger partial charge is 0.339 e. The van der Waals surface area contributed by atoms with Gasteiger partial charge in [-0.25, -0.2) is 9.69 Å². The summed E-state index contributed by atoms with van der Waals surface area (Å²) in [6, 6.07) is 23.1. The minimum Gasteiger partial charge on any atom is -0.465 e. The Hall–Kier alpha value is -3.73. The fourth-order valence-corrected chi connectivity index (χ4v) is 6.72. The summed E-state index contributed by atoms with van der Waals surface area (Å²) >= 11 is 0. The lowest BCUT2D eigenvalue weighted by molar-refractivity contribution is -0.123. The molecule has 3 aliphatic carbocycles. The van der Waals surface area contributed by atoms with Crippen LogP contribution in [-0.2, 0) is 19.7 Å². The molecule has 5 heteroatoms. The average Bonchev–Trinajstić information content (AvgIpc) is 3.14. The van der Waals surface area contributed by atoms with Crippen LogP contribution in [0.5, 0.6) is 0 Å². The zero-order chi connectivity index (χ0) is 22.9. The second-order valence-electron chi connectivity index (χ2n) is 9.00. The van der Waals surface area contributed by atoms with Gasteiger partial charge in [0.15, 0.2) is 0 Å². The zero-order valence-corrected chi connectivity index (χ0v) is 18.4. The number of methoxy groups -OCH3 is 1. The molecule has 1 saturated heterocycles. The van der Waals surface area contributed by atoms with Gasteiger partial charge in [0.1, 0.15) is 0 Å². The van der Waals surface area contributed by atoms with Crippen molar-refractivity contribution < 1.29 is 19.1 Å². The van der Waals surface area contributed by atoms with Gasteiger partial charge in [-0.15, -0.1) is 0 Å². The van der Waals surface area contributed by atoms with Crippen molar-refractivity contribution in [3.05, 3.63) is 101 Å². The Labute approximate surface area is 192 Å². The van der Waals surface area contributed by atoms with E-state index < -0.39 is 23.2 Å². The van der Waals surface area contributed by atoms with Gasteiger partial charge in [-0.05, 0) is 40.8 Å². The van der Waals surface area contributed by atoms with E-state index in [9.17, 15) is 14.4 Å². The van der Waals surface area contributed by atoms with Crippen molar-refractivity contribution in [2.75, 3.05) is 12.0 Å². The van der Waals surface area contributed by atoms with Crippen LogP contribution in [0.25, 0.3) is 0 Å². The Bertz CT molecular complexity index is 1300. The Morgan fingerprint density at radius 1 is 0.879 bits per heavy atom. The first-order chi connectivity index (χ1) is 16.1. The molecule has 1 aliphatic heterocycles. The molecule has 0 unspecified atom stereocenters. The summed E-state index contributed by atoms with van der Waals surface area (Å²) < 4.78 is 4.93. The van der Waals surface area contributed by atoms with Gasteiger partial charge in [-0.1, -0.05) is 67.6 Å². The molecular weight excluding hydrogens is 414 g/mol. The number of benzene rings is 3. The first kappa shape index (κ1) is 19.9. The van der Waals surface area contributed by atoms with Gasteiger partial charge in [-0.2, -0.15) is 0 Å². The molecule has 164 valence electrons. The maximum Gasteiger partial charge on any atom is 0.339 e. The second kappa shape index (κ2) is 6.88. The van der Waals surface area contributed by atoms with Crippen LogP contribution in [0.4, 0.5) is 5.69 Å². The van der Waals surface area contributed by atoms with Crippen LogP contribution in [0.15, 0.2) is 72.8 Å². The largest absolute Gasteiger partial charge is 0.465 e. The van der Waals surface area contributed by atoms with Gasteiger partial charge in [0.25, 0.3) is 0 Å². The SMILES string of the molecule is CCC12c3ccccc3C(c3ccccc31)[C@H]1C(=O)N(c3ccccc3C(=O)OC)C(=O)[C@@H]12. The third-order valence-electron chi connectivity index (χ3n) is 7.90. The topological polar surface area (TPSA) is 63.7 Å². The maximum atomic E-state index is 14.1. The summed E-state index contributed by atoms with van der Waals surface area (Å²) in [7, 11) is 1.30. The molecule has 0 radical (unpaired) electrons. The molecular formula is C28H23NO4. The normalized spacial score (nSPS) is 26.6. The second-order valence-corrected chi connectivity index (χ2v) is 9.00. The molecule has 5 nitrogen and oxygen atoms in total. The van der Waals surface area contributed by atoms with Crippen molar-refractivity contribution in [3.63, 3.8) is 0 Å². The van der Waals surface area contributed by atoms with E-state index in [2.05, 4.69) is 31.2 Å². The fourth-order valence-electron chi connectivity index (χ4n) is 6.72. The van der Waals surface area contributed by atoms with Crippen molar-refractivity contribution >= 4 is 23.5 Å². The van der Waals surface area contributed by atoms with Crippen molar-refractivity contribution in [1.82, 2.24) is 0 Å². The summed E-state index contributed by atoms with van der Waals surface area (Å²) in [5.74, 6) is -2.27. The van der Waals surface area contributed by atoms with Gasteiger partial charge < -0.3 is 4.74 Å². The number of hydrogen-bond acceptors (Lipinski definition) is 4. The van der Waals surface area contributed by atoms with Crippen molar-refractivity contribution in [1.29, 1.82) is 0 Å². The standard InChI is InChI=1S/C28H23NO4/c1-3-28-19-13-7-4-10-16(19)22(17-11-5-8-14-20(17)28)23-24(28)26(31)29(25(23)30)21-15-9-6-12-18(21)27(32)33-2/h4-15,22-24H,3H2,1-2H3/t22?,23-,24-,28?/m1/s1. The molecule has 3 aromatic carbocycles. The fraction of sp³-hybridized carbons (Fsp3) is 0.250. The number of esters is 1. The van der Waals surface area contributed by atoms with E-state index in [4.69, 9.17) is 4.74 Å². The number of carbonyl (C=O) groups is 3. The number of hydrogen-bond donors (Lipinski definition) is 0. The molecule has 3 aromatic rings. The quantitative estimate of drug-likeness (QED) is 0.449. The van der Waals surface area contributed by atoms with Gasteiger partial charge >= 0.3 is 5.97 Å². The first-order valence-electron chi connectivity index (χ1n) is 11.3. The van der Waals surface area contributed by atoms with Crippen LogP contribution < -0.4 is 4.90 Å². The summed E-state index contributed by atoms with van der Waals surface area (Å²) in [5, 5.41) is 0. The number of amides is 2. The zero-order valence-electron chi connectivity index (χ0n) is 18.4. The van der Waals surface area contributed by atoms with Crippen LogP contribution >= 0.6 is 0 Å². The number of rotatable bonds is 3. The van der Waals surface area contributed by atoms with Crippen LogP contribution in [0.1, 0.15) is 51.9 Å². The summed E-state index contributed by atoms with van der Waals surface area (Å²) in [6.45, 7) is 2.10. The molecule has 0 saturated carbocycles. The number of nitrogens with zero attached hydrogens (tertiary/aromatic N) is 1. The van der Waals surface area contributed by atoms with E-state index >= 15 is 0 Å². The Balaban J connectivity index is 1.62. The van der Waals surface area contributed by atoms with E-state index in [1.807, 2.05) is 24.3 Å². The van der Waals surface area contributed by atoms with Gasteiger partial charge in [0.05, 0.1) is 30.2 Å². The molecule has 0 aromatic heterocycles. The highest BCUT2D eigenvalue weighted by molar-refractivity contribution is 6.25. The number of carbonyl (C=O) groups excluding carboxylic acids is 3. The highest BCUT2D eigenvalue weighted by atomic mass is 16.5. The average molecular weight is 437 g/mol. The lowest BCUT2D eigenvalue weighted by atomic mass is 9.46. The summed E-state index contributed by atoms with van der Waals surface area (Å²) in [5.41, 5.74) is 4.46. The monoisotopic (exact) mass is 437 g/mol. The number of para-hydroxylation sites is 1. The highest BCUT2D eigenvalue weighted by Crippen LogP contribution is 2.65. The maximum absolute atomic E-state index is 14.1. The van der Waals surface area contributed by atoms with Crippen LogP contribution in [0.2, 0.25) is 0 Å². The molecule has 2 atom stereocenters. The van der Waals surface area contributed by atoms with Gasteiger partial charge in [-0.3, -0.25) is 9.59 Å². The predicted octanol–water partition coefficient (Wildman–Crippen LogP) is 4.43. The minimum absolute atomic E-state index is 0.192. The summed E-state index contributed by atoms with van der Waals surface area (Å²) in [4.78, 5) is 41.9. The molecule has 2 amide bonds. The number of imide groups is 1. The molecule has 1 heterocycles. The molecule has 2 bridgehead atoms. The molecule has 7 rings (SSSR count). The molecule has 0 spiro atoms. The van der Waals surface area contributed by atoms with E-state index in [1.54, 1.807) is 24.3 Å². The summed E-state index contributed by atoms with van der Waals surface area (Å²) in [6.07, 6.45) is 0.695. The lowest BCUT2D eigenvalue weighted by Crippen LogP contribution is -2.53. The Morgan fingerprint density at radius 3 is 2.06 bits per heavy atom. The van der Waals surface area contributed by atoms with E-state index in [0.717, 1.165) is 22.3 Å². The van der Waals surface area contributed by atoms with Crippen LogP contribution in [-0.4, -0.2) is 24.9 Å². The molecule has 0 N–H and O–H groups in total. The molecule has 1 fully saturated rings. The van der Waals surface area contributed by atoms with Crippen LogP contribution in [0, 0.1) is 11.8 Å².